The minimum absolute atomic E-state index is 0.139. The van der Waals surface area contributed by atoms with Crippen molar-refractivity contribution in [2.75, 3.05) is 5.75 Å². The van der Waals surface area contributed by atoms with Crippen LogP contribution in [-0.2, 0) is 9.73 Å². The van der Waals surface area contributed by atoms with E-state index in [4.69, 9.17) is 9.89 Å². The first kappa shape index (κ1) is 10.7. The molecule has 0 aliphatic carbocycles. The first-order chi connectivity index (χ1) is 6.47. The minimum Gasteiger partial charge on any atom is -0.478 e. The van der Waals surface area contributed by atoms with Gasteiger partial charge in [0.15, 0.2) is 0 Å². The molecule has 0 spiro atoms. The highest BCUT2D eigenvalue weighted by Crippen LogP contribution is 2.12. The fourth-order valence-electron chi connectivity index (χ4n) is 0.984. The zero-order chi connectivity index (χ0) is 10.8. The number of aromatic carboxylic acids is 1. The molecule has 0 radical (unpaired) electrons. The van der Waals surface area contributed by atoms with Crippen LogP contribution in [0.4, 0.5) is 0 Å². The van der Waals surface area contributed by atoms with Gasteiger partial charge < -0.3 is 5.11 Å². The quantitative estimate of drug-likeness (QED) is 0.803. The first-order valence-corrected chi connectivity index (χ1v) is 5.80. The van der Waals surface area contributed by atoms with E-state index in [0.29, 0.717) is 4.90 Å². The van der Waals surface area contributed by atoms with Crippen molar-refractivity contribution in [2.45, 2.75) is 11.8 Å². The second-order valence-electron chi connectivity index (χ2n) is 2.79. The predicted octanol–water partition coefficient (Wildman–Crippen LogP) is 1.81. The summed E-state index contributed by atoms with van der Waals surface area (Å²) in [5, 5.41) is 8.62. The van der Waals surface area contributed by atoms with Gasteiger partial charge in [-0.1, -0.05) is 6.92 Å². The molecule has 0 bridgehead atoms. The van der Waals surface area contributed by atoms with Crippen molar-refractivity contribution in [3.8, 4) is 0 Å². The molecule has 0 aliphatic heterocycles. The highest BCUT2D eigenvalue weighted by Gasteiger charge is 2.08. The van der Waals surface area contributed by atoms with Gasteiger partial charge in [-0.05, 0) is 24.3 Å². The van der Waals surface area contributed by atoms with Crippen molar-refractivity contribution in [3.05, 3.63) is 29.8 Å². The van der Waals surface area contributed by atoms with Gasteiger partial charge in [0.1, 0.15) is 0 Å². The number of carbonyl (C=O) groups is 1. The smallest absolute Gasteiger partial charge is 0.335 e. The zero-order valence-corrected chi connectivity index (χ0v) is 8.50. The summed E-state index contributed by atoms with van der Waals surface area (Å²) >= 11 is 0. The third-order valence-corrected chi connectivity index (χ3v) is 3.74. The molecular formula is C9H11NO3S. The molecule has 4 nitrogen and oxygen atoms in total. The van der Waals surface area contributed by atoms with E-state index in [9.17, 15) is 9.00 Å². The number of hydrogen-bond acceptors (Lipinski definition) is 3. The molecule has 0 unspecified atom stereocenters. The fourth-order valence-corrected chi connectivity index (χ4v) is 1.89. The maximum atomic E-state index is 11.6. The molecule has 1 rings (SSSR count). The Morgan fingerprint density at radius 1 is 1.43 bits per heavy atom. The molecule has 1 atom stereocenters. The third kappa shape index (κ3) is 2.11. The van der Waals surface area contributed by atoms with Crippen LogP contribution in [0.2, 0.25) is 0 Å². The summed E-state index contributed by atoms with van der Waals surface area (Å²) in [5.41, 5.74) is 0.139. The van der Waals surface area contributed by atoms with E-state index in [1.54, 1.807) is 6.92 Å². The van der Waals surface area contributed by atoms with E-state index in [0.717, 1.165) is 0 Å². The van der Waals surface area contributed by atoms with E-state index in [1.165, 1.54) is 24.3 Å². The molecule has 14 heavy (non-hydrogen) atoms. The topological polar surface area (TPSA) is 78.2 Å². The summed E-state index contributed by atoms with van der Waals surface area (Å²) in [4.78, 5) is 10.9. The van der Waals surface area contributed by atoms with Crippen LogP contribution in [-0.4, -0.2) is 21.0 Å². The lowest BCUT2D eigenvalue weighted by Gasteiger charge is -2.04. The average Bonchev–Trinajstić information content (AvgIpc) is 2.18. The predicted molar refractivity (Wildman–Crippen MR) is 53.1 cm³/mol. The molecule has 0 saturated carbocycles. The Labute approximate surface area is 82.6 Å². The monoisotopic (exact) mass is 213 g/mol. The highest BCUT2D eigenvalue weighted by molar-refractivity contribution is 7.92. The standard InChI is InChI=1S/C9H11NO3S/c1-2-14(10,13)8-5-3-7(4-6-8)9(11)12/h3-6,10H,2H2,1H3,(H,11,12)/t14-/m1/s1. The summed E-state index contributed by atoms with van der Waals surface area (Å²) < 4.78 is 19.0. The number of hydrogen-bond donors (Lipinski definition) is 2. The van der Waals surface area contributed by atoms with Gasteiger partial charge in [0.25, 0.3) is 0 Å². The van der Waals surface area contributed by atoms with Gasteiger partial charge in [-0.2, -0.15) is 0 Å². The molecule has 5 heteroatoms. The first-order valence-electron chi connectivity index (χ1n) is 4.07. The van der Waals surface area contributed by atoms with Crippen molar-refractivity contribution >= 4 is 15.7 Å². The van der Waals surface area contributed by atoms with Gasteiger partial charge in [0.2, 0.25) is 0 Å². The Balaban J connectivity index is 3.12. The van der Waals surface area contributed by atoms with Crippen molar-refractivity contribution in [1.82, 2.24) is 0 Å². The third-order valence-electron chi connectivity index (χ3n) is 1.89. The lowest BCUT2D eigenvalue weighted by Crippen LogP contribution is -2.02. The van der Waals surface area contributed by atoms with Crippen molar-refractivity contribution in [2.24, 2.45) is 0 Å². The summed E-state index contributed by atoms with van der Waals surface area (Å²) in [7, 11) is -2.73. The Kier molecular flexibility index (Phi) is 2.90. The van der Waals surface area contributed by atoms with Crippen LogP contribution in [0.5, 0.6) is 0 Å². The zero-order valence-electron chi connectivity index (χ0n) is 7.69. The number of nitrogens with one attached hydrogen (secondary N) is 1. The van der Waals surface area contributed by atoms with Crippen LogP contribution in [0.3, 0.4) is 0 Å². The second kappa shape index (κ2) is 3.79. The molecular weight excluding hydrogens is 202 g/mol. The molecule has 0 saturated heterocycles. The Morgan fingerprint density at radius 3 is 2.29 bits per heavy atom. The summed E-state index contributed by atoms with van der Waals surface area (Å²) in [6.45, 7) is 1.67. The Bertz CT molecular complexity index is 434. The van der Waals surface area contributed by atoms with E-state index in [2.05, 4.69) is 0 Å². The van der Waals surface area contributed by atoms with Gasteiger partial charge in [-0.25, -0.2) is 13.8 Å². The van der Waals surface area contributed by atoms with Crippen molar-refractivity contribution in [3.63, 3.8) is 0 Å². The van der Waals surface area contributed by atoms with Crippen molar-refractivity contribution in [1.29, 1.82) is 4.78 Å². The second-order valence-corrected chi connectivity index (χ2v) is 5.19. The summed E-state index contributed by atoms with van der Waals surface area (Å²) in [6.07, 6.45) is 0. The van der Waals surface area contributed by atoms with E-state index in [-0.39, 0.29) is 11.3 Å². The number of benzene rings is 1. The van der Waals surface area contributed by atoms with Crippen LogP contribution < -0.4 is 0 Å². The van der Waals surface area contributed by atoms with Crippen LogP contribution >= 0.6 is 0 Å². The van der Waals surface area contributed by atoms with Gasteiger partial charge in [0, 0.05) is 10.6 Å². The molecule has 0 amide bonds. The molecule has 0 heterocycles. The van der Waals surface area contributed by atoms with E-state index >= 15 is 0 Å². The van der Waals surface area contributed by atoms with E-state index in [1.807, 2.05) is 0 Å². The molecule has 1 aromatic carbocycles. The summed E-state index contributed by atoms with van der Waals surface area (Å²) in [6, 6.07) is 5.59. The molecule has 1 aromatic rings. The van der Waals surface area contributed by atoms with Gasteiger partial charge in [-0.15, -0.1) is 0 Å². The van der Waals surface area contributed by atoms with Crippen LogP contribution in [0.25, 0.3) is 0 Å². The summed E-state index contributed by atoms with van der Waals surface area (Å²) in [5.74, 6) is -0.788. The lowest BCUT2D eigenvalue weighted by atomic mass is 10.2. The van der Waals surface area contributed by atoms with Gasteiger partial charge >= 0.3 is 5.97 Å². The maximum Gasteiger partial charge on any atom is 0.335 e. The van der Waals surface area contributed by atoms with Gasteiger partial charge in [0.05, 0.1) is 15.3 Å². The normalized spacial score (nSPS) is 14.6. The highest BCUT2D eigenvalue weighted by atomic mass is 32.2. The molecule has 0 aliphatic rings. The lowest BCUT2D eigenvalue weighted by molar-refractivity contribution is 0.0697. The molecule has 76 valence electrons. The van der Waals surface area contributed by atoms with Crippen LogP contribution in [0.1, 0.15) is 17.3 Å². The van der Waals surface area contributed by atoms with E-state index < -0.39 is 15.7 Å². The maximum absolute atomic E-state index is 11.6. The SMILES string of the molecule is CC[S@@](=N)(=O)c1ccc(C(=O)O)cc1. The van der Waals surface area contributed by atoms with Crippen molar-refractivity contribution < 1.29 is 14.1 Å². The Hall–Kier alpha value is -1.36. The number of carboxylic acid groups (broad SMARTS) is 1. The molecule has 2 N–H and O–H groups in total. The Morgan fingerprint density at radius 2 is 1.93 bits per heavy atom. The van der Waals surface area contributed by atoms with Crippen LogP contribution in [0, 0.1) is 4.78 Å². The average molecular weight is 213 g/mol. The number of carboxylic acids is 1. The number of rotatable bonds is 3. The molecule has 0 fully saturated rings. The van der Waals surface area contributed by atoms with Crippen LogP contribution in [0.15, 0.2) is 29.2 Å². The van der Waals surface area contributed by atoms with Gasteiger partial charge in [-0.3, -0.25) is 0 Å². The largest absolute Gasteiger partial charge is 0.478 e. The molecule has 0 aromatic heterocycles. The minimum atomic E-state index is -2.73. The fraction of sp³-hybridized carbons (Fsp3) is 0.222.